The van der Waals surface area contributed by atoms with E-state index in [1.807, 2.05) is 18.2 Å². The van der Waals surface area contributed by atoms with Gasteiger partial charge in [-0.2, -0.15) is 5.10 Å². The van der Waals surface area contributed by atoms with Crippen LogP contribution in [0.15, 0.2) is 71.6 Å². The van der Waals surface area contributed by atoms with Crippen LogP contribution in [-0.2, 0) is 22.9 Å². The lowest BCUT2D eigenvalue weighted by Crippen LogP contribution is -2.16. The number of primary amides is 1. The Kier molecular flexibility index (Phi) is 6.02. The van der Waals surface area contributed by atoms with Crippen LogP contribution < -0.4 is 20.9 Å². The number of sulfonamides is 1. The average molecular weight is 518 g/mol. The average Bonchev–Trinajstić information content (AvgIpc) is 3.29. The lowest BCUT2D eigenvalue weighted by Gasteiger charge is -2.20. The number of benzene rings is 3. The first-order chi connectivity index (χ1) is 17.7. The Morgan fingerprint density at radius 2 is 1.76 bits per heavy atom. The summed E-state index contributed by atoms with van der Waals surface area (Å²) in [5.41, 5.74) is 10.3. The van der Waals surface area contributed by atoms with E-state index >= 15 is 0 Å². The molecule has 5 rings (SSSR count). The van der Waals surface area contributed by atoms with Gasteiger partial charge in [0.15, 0.2) is 5.69 Å². The van der Waals surface area contributed by atoms with Crippen LogP contribution in [0.1, 0.15) is 32.0 Å². The maximum Gasteiger partial charge on any atom is 0.269 e. The van der Waals surface area contributed by atoms with Crippen molar-refractivity contribution in [1.29, 1.82) is 0 Å². The van der Waals surface area contributed by atoms with Crippen LogP contribution in [0, 0.1) is 0 Å². The number of hydrogen-bond acceptors (Lipinski definition) is 6. The van der Waals surface area contributed by atoms with Crippen LogP contribution in [0.25, 0.3) is 16.9 Å². The van der Waals surface area contributed by atoms with Crippen molar-refractivity contribution in [2.24, 2.45) is 10.9 Å². The number of para-hydroxylation sites is 1. The number of methoxy groups -OCH3 is 1. The topological polar surface area (TPSA) is 159 Å². The predicted molar refractivity (Wildman–Crippen MR) is 137 cm³/mol. The molecule has 0 saturated carbocycles. The Hall–Kier alpha value is -4.48. The third-order valence-corrected chi connectivity index (χ3v) is 7.17. The maximum atomic E-state index is 13.0. The number of aromatic nitrogens is 2. The Bertz CT molecular complexity index is 1660. The van der Waals surface area contributed by atoms with E-state index in [4.69, 9.17) is 15.6 Å². The van der Waals surface area contributed by atoms with Crippen LogP contribution in [-0.4, -0.2) is 37.1 Å². The van der Waals surface area contributed by atoms with Gasteiger partial charge in [0.2, 0.25) is 10.0 Å². The quantitative estimate of drug-likeness (QED) is 0.356. The zero-order valence-electron chi connectivity index (χ0n) is 19.8. The number of nitrogens with zero attached hydrogens (tertiary/aromatic N) is 2. The number of nitrogens with two attached hydrogens (primary N) is 2. The van der Waals surface area contributed by atoms with Crippen molar-refractivity contribution < 1.29 is 22.7 Å². The Morgan fingerprint density at radius 1 is 1.03 bits per heavy atom. The number of carbonyl (C=O) groups is 2. The van der Waals surface area contributed by atoms with E-state index in [0.29, 0.717) is 46.8 Å². The summed E-state index contributed by atoms with van der Waals surface area (Å²) in [5.74, 6) is -0.550. The van der Waals surface area contributed by atoms with Crippen molar-refractivity contribution in [3.05, 3.63) is 89.1 Å². The molecule has 1 aromatic heterocycles. The van der Waals surface area contributed by atoms with Crippen molar-refractivity contribution >= 4 is 27.5 Å². The highest BCUT2D eigenvalue weighted by Gasteiger charge is 2.28. The fourth-order valence-corrected chi connectivity index (χ4v) is 5.02. The molecule has 11 heteroatoms. The molecule has 1 aliphatic rings. The summed E-state index contributed by atoms with van der Waals surface area (Å²) in [4.78, 5) is 25.2. The Morgan fingerprint density at radius 3 is 2.43 bits per heavy atom. The highest BCUT2D eigenvalue weighted by Crippen LogP contribution is 2.38. The summed E-state index contributed by atoms with van der Waals surface area (Å²) in [6.07, 6.45) is 1.20. The fraction of sp³-hybridized carbons (Fsp3) is 0.115. The van der Waals surface area contributed by atoms with Gasteiger partial charge < -0.3 is 15.8 Å². The number of aryl methyl sites for hydroxylation is 1. The minimum atomic E-state index is -3.87. The van der Waals surface area contributed by atoms with E-state index in [1.165, 1.54) is 19.2 Å². The largest absolute Gasteiger partial charge is 0.496 e. The van der Waals surface area contributed by atoms with Crippen molar-refractivity contribution in [3.8, 4) is 22.7 Å². The number of rotatable bonds is 6. The SMILES string of the molecule is COc1ccccc1C(=O)Nc1ccc2c(c1)-c1c(c(C(N)=O)nn1-c1ccc(S(N)(=O)=O)cc1)CC2. The number of carbonyl (C=O) groups excluding carboxylic acids is 2. The highest BCUT2D eigenvalue weighted by molar-refractivity contribution is 7.89. The lowest BCUT2D eigenvalue weighted by molar-refractivity contribution is 0.0991. The van der Waals surface area contributed by atoms with E-state index in [1.54, 1.807) is 41.1 Å². The summed E-state index contributed by atoms with van der Waals surface area (Å²) in [6.45, 7) is 0. The number of nitrogens with one attached hydrogen (secondary N) is 1. The van der Waals surface area contributed by atoms with Crippen LogP contribution in [0.4, 0.5) is 5.69 Å². The summed E-state index contributed by atoms with van der Waals surface area (Å²) in [7, 11) is -2.37. The smallest absolute Gasteiger partial charge is 0.269 e. The molecule has 0 unspecified atom stereocenters. The first-order valence-electron chi connectivity index (χ1n) is 11.3. The summed E-state index contributed by atoms with van der Waals surface area (Å²) >= 11 is 0. The second-order valence-corrected chi connectivity index (χ2v) is 10.1. The molecule has 37 heavy (non-hydrogen) atoms. The van der Waals surface area contributed by atoms with Gasteiger partial charge >= 0.3 is 0 Å². The molecule has 0 aliphatic heterocycles. The van der Waals surface area contributed by atoms with Crippen LogP contribution in [0.2, 0.25) is 0 Å². The molecule has 0 bridgehead atoms. The number of ether oxygens (including phenoxy) is 1. The van der Waals surface area contributed by atoms with Crippen LogP contribution >= 0.6 is 0 Å². The summed E-state index contributed by atoms with van der Waals surface area (Å²) in [6, 6.07) is 18.3. The molecule has 0 atom stereocenters. The van der Waals surface area contributed by atoms with Gasteiger partial charge in [0, 0.05) is 16.8 Å². The number of anilines is 1. The molecule has 5 N–H and O–H groups in total. The second kappa shape index (κ2) is 9.19. The zero-order chi connectivity index (χ0) is 26.3. The molecule has 0 saturated heterocycles. The standard InChI is InChI=1S/C26H23N5O5S/c1-36-22-5-3-2-4-19(22)26(33)29-16-8-6-15-7-13-20-23(25(27)32)30-31(24(20)21(15)14-16)17-9-11-18(12-10-17)37(28,34)35/h2-6,8-12,14H,7,13H2,1H3,(H2,27,32)(H,29,33)(H2,28,34,35). The fourth-order valence-electron chi connectivity index (χ4n) is 4.51. The minimum Gasteiger partial charge on any atom is -0.496 e. The van der Waals surface area contributed by atoms with Crippen molar-refractivity contribution in [2.75, 3.05) is 12.4 Å². The molecule has 1 heterocycles. The van der Waals surface area contributed by atoms with Gasteiger partial charge in [0.1, 0.15) is 5.75 Å². The Balaban J connectivity index is 1.60. The molecule has 3 aromatic carbocycles. The number of primary sulfonamides is 1. The Labute approximate surface area is 212 Å². The van der Waals surface area contributed by atoms with E-state index in [2.05, 4.69) is 10.4 Å². The molecule has 2 amide bonds. The predicted octanol–water partition coefficient (Wildman–Crippen LogP) is 2.65. The van der Waals surface area contributed by atoms with Gasteiger partial charge in [-0.3, -0.25) is 9.59 Å². The molecule has 10 nitrogen and oxygen atoms in total. The third-order valence-electron chi connectivity index (χ3n) is 6.25. The van der Waals surface area contributed by atoms with Crippen LogP contribution in [0.5, 0.6) is 5.75 Å². The highest BCUT2D eigenvalue weighted by atomic mass is 32.2. The van der Waals surface area contributed by atoms with Gasteiger partial charge in [-0.1, -0.05) is 18.2 Å². The molecule has 0 spiro atoms. The zero-order valence-corrected chi connectivity index (χ0v) is 20.6. The van der Waals surface area contributed by atoms with Crippen molar-refractivity contribution in [1.82, 2.24) is 9.78 Å². The van der Waals surface area contributed by atoms with Crippen LogP contribution in [0.3, 0.4) is 0 Å². The first kappa shape index (κ1) is 24.2. The van der Waals surface area contributed by atoms with Gasteiger partial charge in [-0.15, -0.1) is 0 Å². The molecule has 0 radical (unpaired) electrons. The van der Waals surface area contributed by atoms with E-state index in [9.17, 15) is 18.0 Å². The second-order valence-electron chi connectivity index (χ2n) is 8.52. The number of hydrogen-bond donors (Lipinski definition) is 3. The molecule has 4 aromatic rings. The van der Waals surface area contributed by atoms with E-state index < -0.39 is 15.9 Å². The minimum absolute atomic E-state index is 0.0471. The molecule has 0 fully saturated rings. The van der Waals surface area contributed by atoms with Crippen molar-refractivity contribution in [3.63, 3.8) is 0 Å². The summed E-state index contributed by atoms with van der Waals surface area (Å²) < 4.78 is 30.2. The molecule has 1 aliphatic carbocycles. The normalized spacial score (nSPS) is 12.4. The van der Waals surface area contributed by atoms with E-state index in [-0.39, 0.29) is 16.5 Å². The van der Waals surface area contributed by atoms with Gasteiger partial charge in [0.25, 0.3) is 11.8 Å². The maximum absolute atomic E-state index is 13.0. The third kappa shape index (κ3) is 4.46. The van der Waals surface area contributed by atoms with Gasteiger partial charge in [-0.25, -0.2) is 18.2 Å². The van der Waals surface area contributed by atoms with Gasteiger partial charge in [0.05, 0.1) is 29.0 Å². The monoisotopic (exact) mass is 517 g/mol. The molecule has 188 valence electrons. The van der Waals surface area contributed by atoms with Gasteiger partial charge in [-0.05, 0) is 66.9 Å². The number of fused-ring (bicyclic) bond motifs is 3. The number of amides is 2. The molecular weight excluding hydrogens is 494 g/mol. The lowest BCUT2D eigenvalue weighted by atomic mass is 9.88. The summed E-state index contributed by atoms with van der Waals surface area (Å²) in [5, 5.41) is 12.6. The van der Waals surface area contributed by atoms with E-state index in [0.717, 1.165) is 11.1 Å². The molecular formula is C26H23N5O5S. The first-order valence-corrected chi connectivity index (χ1v) is 12.8. The van der Waals surface area contributed by atoms with Crippen molar-refractivity contribution in [2.45, 2.75) is 17.7 Å².